The van der Waals surface area contributed by atoms with Crippen molar-refractivity contribution in [3.8, 4) is 0 Å². The molecule has 6 nitrogen and oxygen atoms in total. The molecule has 3 rings (SSSR count). The number of aliphatic imine (C=N–C) groups is 1. The molecular weight excluding hydrogens is 352 g/mol. The van der Waals surface area contributed by atoms with Crippen LogP contribution in [0.5, 0.6) is 0 Å². The minimum atomic E-state index is 0.764. The van der Waals surface area contributed by atoms with Gasteiger partial charge in [0.2, 0.25) is 0 Å². The van der Waals surface area contributed by atoms with Crippen molar-refractivity contribution >= 4 is 33.8 Å². The molecule has 0 atom stereocenters. The summed E-state index contributed by atoms with van der Waals surface area (Å²) in [6, 6.07) is 0. The summed E-state index contributed by atoms with van der Waals surface area (Å²) in [5, 5.41) is 9.99. The van der Waals surface area contributed by atoms with E-state index in [2.05, 4.69) is 35.9 Å². The van der Waals surface area contributed by atoms with E-state index in [1.165, 1.54) is 18.0 Å². The topological polar surface area (TPSA) is 56.7 Å². The van der Waals surface area contributed by atoms with Crippen molar-refractivity contribution in [1.29, 1.82) is 0 Å². The summed E-state index contributed by atoms with van der Waals surface area (Å²) in [6.07, 6.45) is 3.49. The van der Waals surface area contributed by atoms with Gasteiger partial charge in [0.05, 0.1) is 22.9 Å². The molecule has 1 aliphatic rings. The standard InChI is InChI=1S/C17H26N6S2/c1-13-20-15(12-24-13)10-22(3)16(18-2)19-7-6-14-11-25-17(21-14)23-8-4-5-9-23/h11-12H,4-10H2,1-3H3,(H,18,19). The van der Waals surface area contributed by atoms with Gasteiger partial charge in [0.1, 0.15) is 0 Å². The monoisotopic (exact) mass is 378 g/mol. The van der Waals surface area contributed by atoms with Crippen molar-refractivity contribution in [2.45, 2.75) is 32.7 Å². The van der Waals surface area contributed by atoms with E-state index in [1.807, 2.05) is 21.0 Å². The zero-order chi connectivity index (χ0) is 17.6. The Balaban J connectivity index is 1.46. The van der Waals surface area contributed by atoms with E-state index < -0.39 is 0 Å². The smallest absolute Gasteiger partial charge is 0.193 e. The molecule has 1 saturated heterocycles. The van der Waals surface area contributed by atoms with Crippen LogP contribution in [0, 0.1) is 6.92 Å². The molecular formula is C17H26N6S2. The van der Waals surface area contributed by atoms with Crippen LogP contribution in [0.4, 0.5) is 5.13 Å². The zero-order valence-electron chi connectivity index (χ0n) is 15.2. The van der Waals surface area contributed by atoms with E-state index in [0.717, 1.165) is 55.0 Å². The number of nitrogens with zero attached hydrogens (tertiary/aromatic N) is 5. The largest absolute Gasteiger partial charge is 0.356 e. The average molecular weight is 379 g/mol. The van der Waals surface area contributed by atoms with Gasteiger partial charge in [-0.2, -0.15) is 0 Å². The first-order chi connectivity index (χ1) is 12.2. The van der Waals surface area contributed by atoms with Gasteiger partial charge in [-0.3, -0.25) is 4.99 Å². The maximum Gasteiger partial charge on any atom is 0.193 e. The number of rotatable bonds is 6. The molecule has 0 aromatic carbocycles. The first-order valence-corrected chi connectivity index (χ1v) is 10.4. The van der Waals surface area contributed by atoms with Gasteiger partial charge in [0.15, 0.2) is 11.1 Å². The third-order valence-electron chi connectivity index (χ3n) is 4.22. The minimum absolute atomic E-state index is 0.764. The zero-order valence-corrected chi connectivity index (χ0v) is 16.8. The van der Waals surface area contributed by atoms with Crippen LogP contribution in [0.15, 0.2) is 15.8 Å². The third kappa shape index (κ3) is 4.92. The van der Waals surface area contributed by atoms with Gasteiger partial charge < -0.3 is 15.1 Å². The molecule has 8 heteroatoms. The Morgan fingerprint density at radius 2 is 2.00 bits per heavy atom. The molecule has 0 bridgehead atoms. The van der Waals surface area contributed by atoms with Crippen LogP contribution in [0.2, 0.25) is 0 Å². The second-order valence-electron chi connectivity index (χ2n) is 6.25. The van der Waals surface area contributed by atoms with E-state index in [1.54, 1.807) is 22.7 Å². The Kier molecular flexibility index (Phi) is 6.25. The van der Waals surface area contributed by atoms with Crippen LogP contribution in [0.25, 0.3) is 0 Å². The molecule has 0 saturated carbocycles. The second kappa shape index (κ2) is 8.62. The molecule has 0 unspecified atom stereocenters. The first kappa shape index (κ1) is 18.1. The van der Waals surface area contributed by atoms with Crippen molar-refractivity contribution in [3.63, 3.8) is 0 Å². The lowest BCUT2D eigenvalue weighted by atomic mass is 10.3. The van der Waals surface area contributed by atoms with Crippen LogP contribution >= 0.6 is 22.7 Å². The molecule has 1 aliphatic heterocycles. The fraction of sp³-hybridized carbons (Fsp3) is 0.588. The Morgan fingerprint density at radius 3 is 2.68 bits per heavy atom. The Bertz CT molecular complexity index is 702. The molecule has 25 heavy (non-hydrogen) atoms. The van der Waals surface area contributed by atoms with Crippen LogP contribution in [0.1, 0.15) is 29.2 Å². The molecule has 0 amide bonds. The van der Waals surface area contributed by atoms with Crippen LogP contribution in [-0.4, -0.2) is 54.6 Å². The van der Waals surface area contributed by atoms with E-state index in [9.17, 15) is 0 Å². The predicted molar refractivity (Wildman–Crippen MR) is 107 cm³/mol. The van der Waals surface area contributed by atoms with Crippen LogP contribution in [0.3, 0.4) is 0 Å². The molecule has 0 spiro atoms. The van der Waals surface area contributed by atoms with Gasteiger partial charge in [-0.1, -0.05) is 0 Å². The molecule has 2 aromatic heterocycles. The van der Waals surface area contributed by atoms with Crippen molar-refractivity contribution < 1.29 is 0 Å². The molecule has 136 valence electrons. The third-order valence-corrected chi connectivity index (χ3v) is 5.99. The predicted octanol–water partition coefficient (Wildman–Crippen LogP) is 2.76. The number of nitrogens with one attached hydrogen (secondary N) is 1. The summed E-state index contributed by atoms with van der Waals surface area (Å²) in [6.45, 7) is 5.93. The number of aryl methyl sites for hydroxylation is 1. The highest BCUT2D eigenvalue weighted by Crippen LogP contribution is 2.24. The van der Waals surface area contributed by atoms with Crippen LogP contribution in [-0.2, 0) is 13.0 Å². The summed E-state index contributed by atoms with van der Waals surface area (Å²) < 4.78 is 0. The molecule has 1 N–H and O–H groups in total. The van der Waals surface area contributed by atoms with Crippen molar-refractivity contribution in [3.05, 3.63) is 27.2 Å². The van der Waals surface area contributed by atoms with Gasteiger partial charge in [-0.15, -0.1) is 22.7 Å². The summed E-state index contributed by atoms with van der Waals surface area (Å²) in [4.78, 5) is 18.2. The maximum absolute atomic E-state index is 4.77. The van der Waals surface area contributed by atoms with Gasteiger partial charge in [0, 0.05) is 50.9 Å². The number of thiazole rings is 2. The minimum Gasteiger partial charge on any atom is -0.356 e. The Hall–Kier alpha value is -1.67. The van der Waals surface area contributed by atoms with E-state index >= 15 is 0 Å². The van der Waals surface area contributed by atoms with Gasteiger partial charge >= 0.3 is 0 Å². The van der Waals surface area contributed by atoms with Gasteiger partial charge in [-0.25, -0.2) is 9.97 Å². The van der Waals surface area contributed by atoms with E-state index in [-0.39, 0.29) is 0 Å². The summed E-state index contributed by atoms with van der Waals surface area (Å²) in [5.74, 6) is 0.889. The Labute approximate surface area is 157 Å². The summed E-state index contributed by atoms with van der Waals surface area (Å²) in [7, 11) is 3.86. The summed E-state index contributed by atoms with van der Waals surface area (Å²) >= 11 is 3.45. The number of hydrogen-bond donors (Lipinski definition) is 1. The SMILES string of the molecule is CN=C(NCCc1csc(N2CCCC2)n1)N(C)Cc1csc(C)n1. The lowest BCUT2D eigenvalue weighted by Crippen LogP contribution is -2.39. The lowest BCUT2D eigenvalue weighted by Gasteiger charge is -2.21. The first-order valence-electron chi connectivity index (χ1n) is 8.68. The second-order valence-corrected chi connectivity index (χ2v) is 8.15. The average Bonchev–Trinajstić information content (AvgIpc) is 3.33. The van der Waals surface area contributed by atoms with Crippen molar-refractivity contribution in [1.82, 2.24) is 20.2 Å². The normalized spacial score (nSPS) is 15.0. The fourth-order valence-corrected chi connectivity index (χ4v) is 4.47. The quantitative estimate of drug-likeness (QED) is 0.619. The highest BCUT2D eigenvalue weighted by Gasteiger charge is 2.15. The van der Waals surface area contributed by atoms with E-state index in [4.69, 9.17) is 4.98 Å². The molecule has 3 heterocycles. The highest BCUT2D eigenvalue weighted by atomic mass is 32.1. The van der Waals surface area contributed by atoms with Crippen molar-refractivity contribution in [2.75, 3.05) is 38.6 Å². The lowest BCUT2D eigenvalue weighted by molar-refractivity contribution is 0.471. The number of anilines is 1. The number of hydrogen-bond acceptors (Lipinski definition) is 6. The highest BCUT2D eigenvalue weighted by molar-refractivity contribution is 7.13. The molecule has 0 radical (unpaired) electrons. The molecule has 1 fully saturated rings. The van der Waals surface area contributed by atoms with Crippen LogP contribution < -0.4 is 10.2 Å². The molecule has 2 aromatic rings. The number of aromatic nitrogens is 2. The Morgan fingerprint density at radius 1 is 1.24 bits per heavy atom. The fourth-order valence-electron chi connectivity index (χ4n) is 2.95. The number of guanidine groups is 1. The van der Waals surface area contributed by atoms with Crippen molar-refractivity contribution in [2.24, 2.45) is 4.99 Å². The summed E-state index contributed by atoms with van der Waals surface area (Å²) in [5.41, 5.74) is 2.25. The maximum atomic E-state index is 4.77. The van der Waals surface area contributed by atoms with Gasteiger partial charge in [0.25, 0.3) is 0 Å². The van der Waals surface area contributed by atoms with Gasteiger partial charge in [-0.05, 0) is 19.8 Å². The van der Waals surface area contributed by atoms with E-state index in [0.29, 0.717) is 0 Å². The molecule has 0 aliphatic carbocycles.